The lowest BCUT2D eigenvalue weighted by atomic mass is 10.3. The van der Waals surface area contributed by atoms with E-state index in [4.69, 9.17) is 5.26 Å². The summed E-state index contributed by atoms with van der Waals surface area (Å²) in [5, 5.41) is 11.9. The summed E-state index contributed by atoms with van der Waals surface area (Å²) in [6.07, 6.45) is 0. The Bertz CT molecular complexity index is 752. The van der Waals surface area contributed by atoms with Gasteiger partial charge in [0.15, 0.2) is 11.6 Å². The minimum Gasteiger partial charge on any atom is -0.270 e. The third kappa shape index (κ3) is 1.78. The van der Waals surface area contributed by atoms with E-state index in [0.29, 0.717) is 4.68 Å². The summed E-state index contributed by atoms with van der Waals surface area (Å²) in [5.74, 6) is -2.08. The molecule has 0 aliphatic heterocycles. The van der Waals surface area contributed by atoms with Crippen LogP contribution in [0.5, 0.6) is 0 Å². The number of aromatic amines is 1. The second-order valence-corrected chi connectivity index (χ2v) is 3.20. The second-order valence-electron chi connectivity index (χ2n) is 3.20. The van der Waals surface area contributed by atoms with Crippen molar-refractivity contribution in [1.29, 1.82) is 5.26 Å². The van der Waals surface area contributed by atoms with Crippen LogP contribution in [0.25, 0.3) is 5.69 Å². The molecule has 90 valence electrons. The zero-order valence-corrected chi connectivity index (χ0v) is 8.65. The van der Waals surface area contributed by atoms with Gasteiger partial charge in [0.05, 0.1) is 0 Å². The Morgan fingerprint density at radius 1 is 1.28 bits per heavy atom. The van der Waals surface area contributed by atoms with Crippen LogP contribution in [0.2, 0.25) is 0 Å². The van der Waals surface area contributed by atoms with Crippen LogP contribution < -0.4 is 11.2 Å². The summed E-state index contributed by atoms with van der Waals surface area (Å²) < 4.78 is 27.2. The highest BCUT2D eigenvalue weighted by molar-refractivity contribution is 5.34. The van der Waals surface area contributed by atoms with E-state index in [9.17, 15) is 18.4 Å². The maximum absolute atomic E-state index is 13.4. The lowest BCUT2D eigenvalue weighted by Crippen LogP contribution is -2.34. The van der Waals surface area contributed by atoms with Crippen molar-refractivity contribution in [3.05, 3.63) is 56.4 Å². The van der Waals surface area contributed by atoms with Crippen molar-refractivity contribution in [2.24, 2.45) is 0 Å². The molecule has 1 aromatic heterocycles. The maximum Gasteiger partial charge on any atom is 0.349 e. The fraction of sp³-hybridized carbons (Fsp3) is 0. The number of halogens is 2. The highest BCUT2D eigenvalue weighted by atomic mass is 19.1. The van der Waals surface area contributed by atoms with Gasteiger partial charge in [-0.2, -0.15) is 9.94 Å². The van der Waals surface area contributed by atoms with Crippen LogP contribution in [0.15, 0.2) is 27.8 Å². The van der Waals surface area contributed by atoms with Crippen molar-refractivity contribution in [1.82, 2.24) is 14.8 Å². The van der Waals surface area contributed by atoms with Gasteiger partial charge in [-0.25, -0.2) is 13.6 Å². The van der Waals surface area contributed by atoms with Gasteiger partial charge >= 0.3 is 5.69 Å². The van der Waals surface area contributed by atoms with E-state index < -0.39 is 34.3 Å². The van der Waals surface area contributed by atoms with E-state index in [1.807, 2.05) is 0 Å². The summed E-state index contributed by atoms with van der Waals surface area (Å²) in [7, 11) is 0. The highest BCUT2D eigenvalue weighted by Crippen LogP contribution is 2.13. The first-order valence-electron chi connectivity index (χ1n) is 4.62. The smallest absolute Gasteiger partial charge is 0.270 e. The van der Waals surface area contributed by atoms with Crippen molar-refractivity contribution in [3.8, 4) is 11.8 Å². The molecule has 8 heteroatoms. The normalized spacial score (nSPS) is 10.1. The molecule has 1 aromatic carbocycles. The van der Waals surface area contributed by atoms with Crippen LogP contribution >= 0.6 is 0 Å². The molecule has 2 rings (SSSR count). The van der Waals surface area contributed by atoms with Crippen molar-refractivity contribution < 1.29 is 8.78 Å². The molecule has 2 aromatic rings. The van der Waals surface area contributed by atoms with E-state index >= 15 is 0 Å². The third-order valence-electron chi connectivity index (χ3n) is 2.08. The van der Waals surface area contributed by atoms with Crippen LogP contribution in [0.3, 0.4) is 0 Å². The Hall–Kier alpha value is -2.82. The summed E-state index contributed by atoms with van der Waals surface area (Å²) in [5.41, 5.74) is -3.58. The number of aromatic nitrogens is 3. The lowest BCUT2D eigenvalue weighted by molar-refractivity contribution is 0.548. The van der Waals surface area contributed by atoms with Gasteiger partial charge in [0.1, 0.15) is 11.8 Å². The molecular weight excluding hydrogens is 246 g/mol. The zero-order valence-electron chi connectivity index (χ0n) is 8.65. The van der Waals surface area contributed by atoms with Crippen molar-refractivity contribution in [3.63, 3.8) is 0 Å². The first kappa shape index (κ1) is 11.7. The molecular formula is C10H4F2N4O2. The third-order valence-corrected chi connectivity index (χ3v) is 2.08. The van der Waals surface area contributed by atoms with Crippen LogP contribution in [0.4, 0.5) is 8.78 Å². The van der Waals surface area contributed by atoms with Gasteiger partial charge in [0.25, 0.3) is 5.56 Å². The van der Waals surface area contributed by atoms with E-state index in [1.165, 1.54) is 6.07 Å². The molecule has 0 saturated heterocycles. The number of nitrogens with one attached hydrogen (secondary N) is 1. The van der Waals surface area contributed by atoms with Gasteiger partial charge in [0.2, 0.25) is 5.69 Å². The Labute approximate surface area is 97.7 Å². The molecule has 0 aliphatic rings. The van der Waals surface area contributed by atoms with Crippen LogP contribution in [-0.4, -0.2) is 14.8 Å². The topological polar surface area (TPSA) is 91.5 Å². The predicted octanol–water partition coefficient (Wildman–Crippen LogP) is 0.0707. The quantitative estimate of drug-likeness (QED) is 0.775. The van der Waals surface area contributed by atoms with E-state index in [2.05, 4.69) is 5.10 Å². The Morgan fingerprint density at radius 3 is 2.44 bits per heavy atom. The van der Waals surface area contributed by atoms with Gasteiger partial charge in [0, 0.05) is 0 Å². The minimum atomic E-state index is -1.14. The van der Waals surface area contributed by atoms with Crippen molar-refractivity contribution >= 4 is 0 Å². The van der Waals surface area contributed by atoms with Crippen LogP contribution in [-0.2, 0) is 0 Å². The van der Waals surface area contributed by atoms with Gasteiger partial charge in [-0.05, 0) is 12.1 Å². The molecule has 0 unspecified atom stereocenters. The Morgan fingerprint density at radius 2 is 1.89 bits per heavy atom. The standard InChI is InChI=1S/C10H4F2N4O2/c11-5-2-1-3-6(12)8(5)16-10(18)14-9(17)7(4-13)15-16/h1-3H,(H,14,17,18). The van der Waals surface area contributed by atoms with Gasteiger partial charge in [-0.3, -0.25) is 9.78 Å². The Balaban J connectivity index is 2.85. The molecule has 0 saturated carbocycles. The van der Waals surface area contributed by atoms with Crippen molar-refractivity contribution in [2.75, 3.05) is 0 Å². The van der Waals surface area contributed by atoms with Crippen LogP contribution in [0.1, 0.15) is 5.69 Å². The average Bonchev–Trinajstić information content (AvgIpc) is 2.31. The predicted molar refractivity (Wildman–Crippen MR) is 55.1 cm³/mol. The number of hydrogen-bond donors (Lipinski definition) is 1. The van der Waals surface area contributed by atoms with Crippen LogP contribution in [0, 0.1) is 23.0 Å². The van der Waals surface area contributed by atoms with E-state index in [0.717, 1.165) is 18.2 Å². The molecule has 0 radical (unpaired) electrons. The SMILES string of the molecule is N#Cc1nn(-c2c(F)cccc2F)c(=O)[nH]c1=O. The first-order valence-corrected chi connectivity index (χ1v) is 4.62. The second kappa shape index (κ2) is 4.21. The molecule has 0 bridgehead atoms. The number of H-pyrrole nitrogens is 1. The summed E-state index contributed by atoms with van der Waals surface area (Å²) in [6, 6.07) is 4.36. The molecule has 0 aliphatic carbocycles. The summed E-state index contributed by atoms with van der Waals surface area (Å²) in [4.78, 5) is 24.2. The molecule has 1 N–H and O–H groups in total. The molecule has 6 nitrogen and oxygen atoms in total. The fourth-order valence-electron chi connectivity index (χ4n) is 1.32. The first-order chi connectivity index (χ1) is 8.54. The Kier molecular flexibility index (Phi) is 2.73. The van der Waals surface area contributed by atoms with Gasteiger partial charge in [-0.15, -0.1) is 5.10 Å². The van der Waals surface area contributed by atoms with E-state index in [-0.39, 0.29) is 0 Å². The lowest BCUT2D eigenvalue weighted by Gasteiger charge is -2.05. The van der Waals surface area contributed by atoms with Gasteiger partial charge in [-0.1, -0.05) is 6.07 Å². The molecule has 0 atom stereocenters. The molecule has 0 fully saturated rings. The monoisotopic (exact) mass is 250 g/mol. The largest absolute Gasteiger partial charge is 0.349 e. The summed E-state index contributed by atoms with van der Waals surface area (Å²) >= 11 is 0. The van der Waals surface area contributed by atoms with Crippen molar-refractivity contribution in [2.45, 2.75) is 0 Å². The van der Waals surface area contributed by atoms with E-state index in [1.54, 1.807) is 4.98 Å². The number of nitrogens with zero attached hydrogens (tertiary/aromatic N) is 3. The number of hydrogen-bond acceptors (Lipinski definition) is 4. The number of para-hydroxylation sites is 1. The fourth-order valence-corrected chi connectivity index (χ4v) is 1.32. The number of rotatable bonds is 1. The number of nitriles is 1. The molecule has 0 spiro atoms. The number of benzene rings is 1. The highest BCUT2D eigenvalue weighted by Gasteiger charge is 2.15. The van der Waals surface area contributed by atoms with Gasteiger partial charge < -0.3 is 0 Å². The average molecular weight is 250 g/mol. The molecule has 1 heterocycles. The minimum absolute atomic E-state index is 0.296. The molecule has 18 heavy (non-hydrogen) atoms. The molecule has 0 amide bonds. The summed E-state index contributed by atoms with van der Waals surface area (Å²) in [6.45, 7) is 0. The maximum atomic E-state index is 13.4. The zero-order chi connectivity index (χ0) is 13.3.